The highest BCUT2D eigenvalue weighted by Crippen LogP contribution is 2.38. The number of likely N-dealkylation sites (tertiary alicyclic amines) is 1. The highest BCUT2D eigenvalue weighted by Gasteiger charge is 2.22. The van der Waals surface area contributed by atoms with E-state index in [1.165, 1.54) is 6.33 Å². The molecule has 1 fully saturated rings. The number of halogens is 1. The predicted octanol–water partition coefficient (Wildman–Crippen LogP) is 3.15. The number of aliphatic hydroxyl groups excluding tert-OH is 2. The van der Waals surface area contributed by atoms with Crippen molar-refractivity contribution in [1.82, 2.24) is 24.8 Å². The van der Waals surface area contributed by atoms with Gasteiger partial charge in [0.05, 0.1) is 16.8 Å². The topological polar surface area (TPSA) is 107 Å². The van der Waals surface area contributed by atoms with Crippen molar-refractivity contribution in [2.24, 2.45) is 0 Å². The third kappa shape index (κ3) is 4.84. The summed E-state index contributed by atoms with van der Waals surface area (Å²) in [4.78, 5) is 18.2. The second kappa shape index (κ2) is 9.44. The Hall–Kier alpha value is -3.04. The maximum Gasteiger partial charge on any atom is 0.138 e. The number of pyridine rings is 1. The van der Waals surface area contributed by atoms with E-state index in [4.69, 9.17) is 16.3 Å². The summed E-state index contributed by atoms with van der Waals surface area (Å²) in [5.74, 6) is 0.668. The van der Waals surface area contributed by atoms with Crippen molar-refractivity contribution < 1.29 is 14.9 Å². The maximum absolute atomic E-state index is 10.3. The van der Waals surface area contributed by atoms with Gasteiger partial charge >= 0.3 is 0 Å². The Balaban J connectivity index is 1.35. The molecule has 3 N–H and O–H groups in total. The molecule has 0 amide bonds. The minimum Gasteiger partial charge on any atom is -0.491 e. The first-order valence-corrected chi connectivity index (χ1v) is 11.2. The quantitative estimate of drug-likeness (QED) is 0.385. The SMILES string of the molecule is OC1CCN(CC(O)COc2ccc(-c3[nH]c4ncc(Cl)cc4c3-c3cncnc3)cc2)C1. The van der Waals surface area contributed by atoms with Crippen LogP contribution in [0.25, 0.3) is 33.4 Å². The molecule has 0 aliphatic carbocycles. The third-order valence-corrected chi connectivity index (χ3v) is 5.97. The zero-order chi connectivity index (χ0) is 22.8. The Bertz CT molecular complexity index is 1230. The molecular formula is C24H24ClN5O3. The van der Waals surface area contributed by atoms with Crippen LogP contribution in [0.3, 0.4) is 0 Å². The number of β-amino-alcohol motifs (C(OH)–C–C–N with tert-alkyl or cyclic N) is 2. The van der Waals surface area contributed by atoms with Gasteiger partial charge in [-0.25, -0.2) is 15.0 Å². The predicted molar refractivity (Wildman–Crippen MR) is 126 cm³/mol. The number of hydrogen-bond acceptors (Lipinski definition) is 7. The van der Waals surface area contributed by atoms with E-state index in [0.29, 0.717) is 23.9 Å². The fourth-order valence-corrected chi connectivity index (χ4v) is 4.39. The van der Waals surface area contributed by atoms with Crippen LogP contribution in [0.5, 0.6) is 5.75 Å². The van der Waals surface area contributed by atoms with E-state index < -0.39 is 6.10 Å². The van der Waals surface area contributed by atoms with Crippen LogP contribution in [-0.4, -0.2) is 73.5 Å². The van der Waals surface area contributed by atoms with Crippen LogP contribution in [-0.2, 0) is 0 Å². The fourth-order valence-electron chi connectivity index (χ4n) is 4.23. The molecule has 170 valence electrons. The summed E-state index contributed by atoms with van der Waals surface area (Å²) >= 11 is 6.21. The van der Waals surface area contributed by atoms with Crippen LogP contribution < -0.4 is 4.74 Å². The van der Waals surface area contributed by atoms with Crippen molar-refractivity contribution in [1.29, 1.82) is 0 Å². The van der Waals surface area contributed by atoms with E-state index in [2.05, 4.69) is 19.9 Å². The number of nitrogens with zero attached hydrogens (tertiary/aromatic N) is 4. The molecule has 1 aliphatic rings. The summed E-state index contributed by atoms with van der Waals surface area (Å²) < 4.78 is 5.79. The molecule has 1 aromatic carbocycles. The minimum atomic E-state index is -0.621. The minimum absolute atomic E-state index is 0.188. The van der Waals surface area contributed by atoms with Crippen LogP contribution >= 0.6 is 11.6 Å². The number of hydrogen-bond donors (Lipinski definition) is 3. The second-order valence-electron chi connectivity index (χ2n) is 8.24. The summed E-state index contributed by atoms with van der Waals surface area (Å²) in [5.41, 5.74) is 4.34. The molecule has 4 heterocycles. The molecule has 2 atom stereocenters. The smallest absolute Gasteiger partial charge is 0.138 e. The molecular weight excluding hydrogens is 442 g/mol. The molecule has 8 nitrogen and oxygen atoms in total. The van der Waals surface area contributed by atoms with Gasteiger partial charge in [0.2, 0.25) is 0 Å². The van der Waals surface area contributed by atoms with Crippen LogP contribution in [0.4, 0.5) is 0 Å². The Labute approximate surface area is 195 Å². The van der Waals surface area contributed by atoms with Gasteiger partial charge in [0, 0.05) is 54.7 Å². The van der Waals surface area contributed by atoms with E-state index in [1.54, 1.807) is 18.6 Å². The number of H-pyrrole nitrogens is 1. The van der Waals surface area contributed by atoms with Gasteiger partial charge in [-0.15, -0.1) is 0 Å². The third-order valence-electron chi connectivity index (χ3n) is 5.77. The summed E-state index contributed by atoms with van der Waals surface area (Å²) in [6, 6.07) is 9.54. The molecule has 0 spiro atoms. The van der Waals surface area contributed by atoms with Gasteiger partial charge in [-0.1, -0.05) is 11.6 Å². The van der Waals surface area contributed by atoms with Gasteiger partial charge < -0.3 is 19.9 Å². The molecule has 1 aliphatic heterocycles. The van der Waals surface area contributed by atoms with Gasteiger partial charge in [-0.3, -0.25) is 4.90 Å². The van der Waals surface area contributed by atoms with E-state index in [9.17, 15) is 10.2 Å². The van der Waals surface area contributed by atoms with Crippen LogP contribution in [0, 0.1) is 0 Å². The first-order chi connectivity index (χ1) is 16.1. The lowest BCUT2D eigenvalue weighted by molar-refractivity contribution is 0.0707. The highest BCUT2D eigenvalue weighted by atomic mass is 35.5. The van der Waals surface area contributed by atoms with Crippen molar-refractivity contribution >= 4 is 22.6 Å². The Morgan fingerprint density at radius 2 is 1.94 bits per heavy atom. The summed E-state index contributed by atoms with van der Waals surface area (Å²) in [5, 5.41) is 21.3. The zero-order valence-electron chi connectivity index (χ0n) is 17.9. The van der Waals surface area contributed by atoms with Gasteiger partial charge in [0.15, 0.2) is 0 Å². The first-order valence-electron chi connectivity index (χ1n) is 10.8. The summed E-state index contributed by atoms with van der Waals surface area (Å²) in [6.07, 6.45) is 6.46. The molecule has 3 aromatic heterocycles. The second-order valence-corrected chi connectivity index (χ2v) is 8.68. The number of aliphatic hydroxyl groups is 2. The lowest BCUT2D eigenvalue weighted by Gasteiger charge is -2.19. The van der Waals surface area contributed by atoms with E-state index in [-0.39, 0.29) is 12.7 Å². The van der Waals surface area contributed by atoms with Gasteiger partial charge in [-0.05, 0) is 42.3 Å². The van der Waals surface area contributed by atoms with E-state index >= 15 is 0 Å². The highest BCUT2D eigenvalue weighted by molar-refractivity contribution is 6.31. The van der Waals surface area contributed by atoms with E-state index in [0.717, 1.165) is 46.4 Å². The molecule has 33 heavy (non-hydrogen) atoms. The molecule has 1 saturated heterocycles. The van der Waals surface area contributed by atoms with Crippen LogP contribution in [0.2, 0.25) is 5.02 Å². The monoisotopic (exact) mass is 465 g/mol. The normalized spacial score (nSPS) is 17.5. The molecule has 4 aromatic rings. The number of aromatic amines is 1. The van der Waals surface area contributed by atoms with E-state index in [1.807, 2.05) is 35.2 Å². The number of nitrogens with one attached hydrogen (secondary N) is 1. The Kier molecular flexibility index (Phi) is 6.24. The lowest BCUT2D eigenvalue weighted by atomic mass is 10.0. The summed E-state index contributed by atoms with van der Waals surface area (Å²) in [7, 11) is 0. The Morgan fingerprint density at radius 1 is 1.15 bits per heavy atom. The van der Waals surface area contributed by atoms with Crippen molar-refractivity contribution in [3.63, 3.8) is 0 Å². The van der Waals surface area contributed by atoms with Crippen molar-refractivity contribution in [3.8, 4) is 28.1 Å². The van der Waals surface area contributed by atoms with Crippen LogP contribution in [0.1, 0.15) is 6.42 Å². The van der Waals surface area contributed by atoms with Gasteiger partial charge in [-0.2, -0.15) is 0 Å². The van der Waals surface area contributed by atoms with Gasteiger partial charge in [0.1, 0.15) is 30.4 Å². The zero-order valence-corrected chi connectivity index (χ0v) is 18.6. The Morgan fingerprint density at radius 3 is 2.67 bits per heavy atom. The average Bonchev–Trinajstić information content (AvgIpc) is 3.41. The average molecular weight is 466 g/mol. The number of ether oxygens (including phenoxy) is 1. The van der Waals surface area contributed by atoms with Crippen LogP contribution in [0.15, 0.2) is 55.2 Å². The molecule has 0 saturated carbocycles. The van der Waals surface area contributed by atoms with Gasteiger partial charge in [0.25, 0.3) is 0 Å². The molecule has 5 rings (SSSR count). The fraction of sp³-hybridized carbons (Fsp3) is 0.292. The molecule has 9 heteroatoms. The maximum atomic E-state index is 10.3. The van der Waals surface area contributed by atoms with Crippen molar-refractivity contribution in [2.75, 3.05) is 26.2 Å². The lowest BCUT2D eigenvalue weighted by Crippen LogP contribution is -2.34. The summed E-state index contributed by atoms with van der Waals surface area (Å²) in [6.45, 7) is 2.08. The molecule has 2 unspecified atom stereocenters. The number of aromatic nitrogens is 4. The molecule has 0 bridgehead atoms. The largest absolute Gasteiger partial charge is 0.491 e. The van der Waals surface area contributed by atoms with Crippen molar-refractivity contribution in [2.45, 2.75) is 18.6 Å². The molecule has 0 radical (unpaired) electrons. The first kappa shape index (κ1) is 21.8. The standard InChI is InChI=1S/C24H24ClN5O3/c25-17-7-21-22(16-8-26-14-27-9-16)23(29-24(21)28-10-17)15-1-3-20(4-2-15)33-13-19(32)12-30-6-5-18(31)11-30/h1-4,7-10,14,18-19,31-32H,5-6,11-13H2,(H,28,29). The number of benzene rings is 1. The van der Waals surface area contributed by atoms with Crippen molar-refractivity contribution in [3.05, 3.63) is 60.3 Å². The number of rotatable bonds is 7. The number of fused-ring (bicyclic) bond motifs is 1.